The van der Waals surface area contributed by atoms with Gasteiger partial charge in [-0.2, -0.15) is 0 Å². The predicted octanol–water partition coefficient (Wildman–Crippen LogP) is 6.41. The van der Waals surface area contributed by atoms with E-state index in [0.29, 0.717) is 54.0 Å². The fraction of sp³-hybridized carbons (Fsp3) is 0.903. The van der Waals surface area contributed by atoms with Gasteiger partial charge in [-0.3, -0.25) is 4.79 Å². The van der Waals surface area contributed by atoms with E-state index in [4.69, 9.17) is 9.47 Å². The highest BCUT2D eigenvalue weighted by atomic mass is 16.6. The molecule has 0 aromatic rings. The Bertz CT molecular complexity index is 781. The Labute approximate surface area is 219 Å². The predicted molar refractivity (Wildman–Crippen MR) is 142 cm³/mol. The first-order valence-corrected chi connectivity index (χ1v) is 14.9. The zero-order valence-electron chi connectivity index (χ0n) is 23.3. The van der Waals surface area contributed by atoms with Gasteiger partial charge in [0.25, 0.3) is 0 Å². The van der Waals surface area contributed by atoms with Crippen LogP contribution in [0, 0.1) is 40.9 Å². The van der Waals surface area contributed by atoms with Gasteiger partial charge in [-0.05, 0) is 106 Å². The number of carbonyl (C=O) groups excluding carboxylic acids is 1. The fourth-order valence-corrected chi connectivity index (χ4v) is 8.79. The van der Waals surface area contributed by atoms with Gasteiger partial charge in [0.2, 0.25) is 0 Å². The van der Waals surface area contributed by atoms with Crippen LogP contribution < -0.4 is 0 Å². The van der Waals surface area contributed by atoms with Crippen molar-refractivity contribution in [3.8, 4) is 0 Å². The molecule has 206 valence electrons. The molecule has 1 aliphatic heterocycles. The van der Waals surface area contributed by atoms with Crippen molar-refractivity contribution < 1.29 is 24.5 Å². The highest BCUT2D eigenvalue weighted by molar-refractivity contribution is 5.71. The maximum absolute atomic E-state index is 11.7. The van der Waals surface area contributed by atoms with Gasteiger partial charge < -0.3 is 19.7 Å². The number of allylic oxidation sites excluding steroid dienone is 1. The molecule has 5 nitrogen and oxygen atoms in total. The van der Waals surface area contributed by atoms with Crippen LogP contribution in [0.25, 0.3) is 0 Å². The molecule has 2 N–H and O–H groups in total. The number of cyclic esters (lactones) is 1. The van der Waals surface area contributed by atoms with Gasteiger partial charge in [0.1, 0.15) is 5.60 Å². The molecule has 0 bridgehead atoms. The summed E-state index contributed by atoms with van der Waals surface area (Å²) in [6, 6.07) is 0. The quantitative estimate of drug-likeness (QED) is 0.280. The second kappa shape index (κ2) is 11.4. The summed E-state index contributed by atoms with van der Waals surface area (Å²) in [5.74, 6) is 3.91. The van der Waals surface area contributed by atoms with Crippen molar-refractivity contribution >= 4 is 5.97 Å². The minimum absolute atomic E-state index is 0.181. The van der Waals surface area contributed by atoms with Gasteiger partial charge in [0, 0.05) is 12.8 Å². The Morgan fingerprint density at radius 1 is 1.19 bits per heavy atom. The van der Waals surface area contributed by atoms with Crippen LogP contribution in [0.1, 0.15) is 111 Å². The second-order valence-corrected chi connectivity index (χ2v) is 13.6. The van der Waals surface area contributed by atoms with Crippen LogP contribution in [0.3, 0.4) is 0 Å². The zero-order valence-corrected chi connectivity index (χ0v) is 23.3. The molecule has 4 fully saturated rings. The van der Waals surface area contributed by atoms with E-state index in [0.717, 1.165) is 57.1 Å². The highest BCUT2D eigenvalue weighted by Gasteiger charge is 2.53. The molecule has 10 unspecified atom stereocenters. The number of fused-ring (bicyclic) bond motifs is 1. The summed E-state index contributed by atoms with van der Waals surface area (Å²) in [6.07, 6.45) is 12.3. The molecule has 1 heterocycles. The lowest BCUT2D eigenvalue weighted by atomic mass is 9.57. The van der Waals surface area contributed by atoms with Crippen molar-refractivity contribution in [2.45, 2.75) is 129 Å². The average molecular weight is 505 g/mol. The third-order valence-electron chi connectivity index (χ3n) is 11.0. The van der Waals surface area contributed by atoms with Gasteiger partial charge in [-0.15, -0.1) is 0 Å². The van der Waals surface area contributed by atoms with E-state index in [9.17, 15) is 15.0 Å². The van der Waals surface area contributed by atoms with Crippen LogP contribution in [0.5, 0.6) is 0 Å². The van der Waals surface area contributed by atoms with E-state index in [-0.39, 0.29) is 18.2 Å². The summed E-state index contributed by atoms with van der Waals surface area (Å²) in [5.41, 5.74) is -0.193. The van der Waals surface area contributed by atoms with Crippen LogP contribution in [0.4, 0.5) is 0 Å². The molecule has 0 radical (unpaired) electrons. The summed E-state index contributed by atoms with van der Waals surface area (Å²) in [5, 5.41) is 21.6. The van der Waals surface area contributed by atoms with E-state index in [1.165, 1.54) is 25.7 Å². The summed E-state index contributed by atoms with van der Waals surface area (Å²) >= 11 is 0. The summed E-state index contributed by atoms with van der Waals surface area (Å²) in [7, 11) is 0. The molecule has 3 saturated carbocycles. The van der Waals surface area contributed by atoms with Crippen molar-refractivity contribution in [1.29, 1.82) is 0 Å². The SMILES string of the molecule is C=C(CCC(C)C1CCC2C(C(O)CC3CC(O)CCC3C)CCCC12C)OC1(C)CCOC(=O)C1. The van der Waals surface area contributed by atoms with Crippen LogP contribution in [0.15, 0.2) is 12.3 Å². The van der Waals surface area contributed by atoms with Gasteiger partial charge in [0.05, 0.1) is 31.0 Å². The Balaban J connectivity index is 1.32. The number of carbonyl (C=O) groups is 1. The van der Waals surface area contributed by atoms with Crippen molar-refractivity contribution in [3.63, 3.8) is 0 Å². The third-order valence-corrected chi connectivity index (χ3v) is 11.0. The lowest BCUT2D eigenvalue weighted by Crippen LogP contribution is -2.44. The number of ether oxygens (including phenoxy) is 2. The number of hydrogen-bond donors (Lipinski definition) is 2. The van der Waals surface area contributed by atoms with E-state index < -0.39 is 5.60 Å². The highest BCUT2D eigenvalue weighted by Crippen LogP contribution is 2.61. The number of hydrogen-bond acceptors (Lipinski definition) is 5. The van der Waals surface area contributed by atoms with Gasteiger partial charge in [-0.25, -0.2) is 0 Å². The lowest BCUT2D eigenvalue weighted by molar-refractivity contribution is -0.160. The number of aliphatic hydroxyl groups excluding tert-OH is 2. The molecule has 0 amide bonds. The Kier molecular flexibility index (Phi) is 8.81. The van der Waals surface area contributed by atoms with Gasteiger partial charge >= 0.3 is 5.97 Å². The average Bonchev–Trinajstić information content (AvgIpc) is 3.16. The molecule has 36 heavy (non-hydrogen) atoms. The smallest absolute Gasteiger partial charge is 0.309 e. The molecule has 0 spiro atoms. The standard InChI is InChI=1S/C31H52O5/c1-20-9-11-24(32)17-23(20)18-28(33)25-7-6-14-31(5)26(12-13-27(25)31)21(2)8-10-22(3)36-30(4)15-16-35-29(34)19-30/h20-21,23-28,32-33H,3,6-19H2,1-2,4-5H3. The third kappa shape index (κ3) is 6.14. The fourth-order valence-electron chi connectivity index (χ4n) is 8.79. The maximum Gasteiger partial charge on any atom is 0.309 e. The first-order valence-electron chi connectivity index (χ1n) is 14.9. The van der Waals surface area contributed by atoms with E-state index in [1.807, 2.05) is 6.92 Å². The molecule has 5 heteroatoms. The molecule has 0 aromatic carbocycles. The minimum atomic E-state index is -0.487. The molecular weight excluding hydrogens is 452 g/mol. The van der Waals surface area contributed by atoms with Crippen LogP contribution >= 0.6 is 0 Å². The zero-order chi connectivity index (χ0) is 26.1. The molecule has 10 atom stereocenters. The molecule has 1 saturated heterocycles. The summed E-state index contributed by atoms with van der Waals surface area (Å²) in [6.45, 7) is 13.8. The minimum Gasteiger partial charge on any atom is -0.492 e. The molecule has 4 aliphatic rings. The first-order chi connectivity index (χ1) is 17.0. The van der Waals surface area contributed by atoms with Crippen molar-refractivity contribution in [2.24, 2.45) is 40.9 Å². The van der Waals surface area contributed by atoms with Crippen LogP contribution in [0.2, 0.25) is 0 Å². The Morgan fingerprint density at radius 2 is 1.97 bits per heavy atom. The van der Waals surface area contributed by atoms with Crippen molar-refractivity contribution in [3.05, 3.63) is 12.3 Å². The van der Waals surface area contributed by atoms with E-state index in [2.05, 4.69) is 27.4 Å². The van der Waals surface area contributed by atoms with Crippen molar-refractivity contribution in [2.75, 3.05) is 6.61 Å². The summed E-state index contributed by atoms with van der Waals surface area (Å²) in [4.78, 5) is 11.7. The largest absolute Gasteiger partial charge is 0.492 e. The van der Waals surface area contributed by atoms with Crippen LogP contribution in [-0.4, -0.2) is 40.6 Å². The monoisotopic (exact) mass is 504 g/mol. The Morgan fingerprint density at radius 3 is 2.72 bits per heavy atom. The van der Waals surface area contributed by atoms with Gasteiger partial charge in [-0.1, -0.05) is 33.8 Å². The van der Waals surface area contributed by atoms with E-state index in [1.54, 1.807) is 0 Å². The number of rotatable bonds is 9. The summed E-state index contributed by atoms with van der Waals surface area (Å²) < 4.78 is 11.3. The topological polar surface area (TPSA) is 76.0 Å². The lowest BCUT2D eigenvalue weighted by Gasteiger charge is -2.48. The van der Waals surface area contributed by atoms with E-state index >= 15 is 0 Å². The number of esters is 1. The molecule has 0 aromatic heterocycles. The number of aliphatic hydroxyl groups is 2. The second-order valence-electron chi connectivity index (χ2n) is 13.6. The Hall–Kier alpha value is -1.07. The molecular formula is C31H52O5. The molecule has 4 rings (SSSR count). The van der Waals surface area contributed by atoms with Crippen LogP contribution in [-0.2, 0) is 14.3 Å². The van der Waals surface area contributed by atoms with Gasteiger partial charge in [0.15, 0.2) is 0 Å². The first kappa shape index (κ1) is 28.0. The normalized spacial score (nSPS) is 42.8. The van der Waals surface area contributed by atoms with Crippen molar-refractivity contribution in [1.82, 2.24) is 0 Å². The molecule has 3 aliphatic carbocycles. The maximum atomic E-state index is 11.7.